The molecule has 1 fully saturated rings. The van der Waals surface area contributed by atoms with E-state index in [9.17, 15) is 0 Å². The first kappa shape index (κ1) is 11.3. The number of hydrogen-bond acceptors (Lipinski definition) is 2. The quantitative estimate of drug-likeness (QED) is 0.826. The molecule has 0 aliphatic carbocycles. The van der Waals surface area contributed by atoms with E-state index in [2.05, 4.69) is 42.2 Å². The Bertz CT molecular complexity index is 345. The Morgan fingerprint density at radius 2 is 2.06 bits per heavy atom. The molecule has 0 saturated carbocycles. The molecule has 86 valence electrons. The van der Waals surface area contributed by atoms with Crippen LogP contribution in [0.1, 0.15) is 31.7 Å². The number of nitrogens with one attached hydrogen (secondary N) is 1. The smallest absolute Gasteiger partial charge is 0.0236 e. The highest BCUT2D eigenvalue weighted by Gasteiger charge is 2.23. The van der Waals surface area contributed by atoms with Crippen LogP contribution in [0.15, 0.2) is 30.3 Å². The zero-order valence-electron chi connectivity index (χ0n) is 9.95. The second kappa shape index (κ2) is 5.26. The average Bonchev–Trinajstić information content (AvgIpc) is 2.33. The summed E-state index contributed by atoms with van der Waals surface area (Å²) in [5.74, 6) is 0. The maximum Gasteiger partial charge on any atom is 0.0236 e. The highest BCUT2D eigenvalue weighted by Crippen LogP contribution is 2.19. The first-order valence-corrected chi connectivity index (χ1v) is 6.14. The Hall–Kier alpha value is -1.15. The van der Waals surface area contributed by atoms with E-state index in [-0.39, 0.29) is 0 Å². The van der Waals surface area contributed by atoms with Crippen molar-refractivity contribution in [2.75, 3.05) is 6.54 Å². The predicted molar refractivity (Wildman–Crippen MR) is 67.9 cm³/mol. The van der Waals surface area contributed by atoms with Crippen molar-refractivity contribution in [1.82, 2.24) is 4.90 Å². The van der Waals surface area contributed by atoms with Crippen molar-refractivity contribution in [3.8, 4) is 0 Å². The van der Waals surface area contributed by atoms with Crippen LogP contribution in [0, 0.1) is 5.41 Å². The van der Waals surface area contributed by atoms with Crippen LogP contribution in [0.2, 0.25) is 0 Å². The van der Waals surface area contributed by atoms with E-state index in [4.69, 9.17) is 5.41 Å². The first-order chi connectivity index (χ1) is 7.79. The van der Waals surface area contributed by atoms with E-state index in [0.29, 0.717) is 6.04 Å². The number of likely N-dealkylation sites (tertiary alicyclic amines) is 1. The molecule has 0 bridgehead atoms. The fraction of sp³-hybridized carbons (Fsp3) is 0.500. The van der Waals surface area contributed by atoms with Gasteiger partial charge in [-0.2, -0.15) is 0 Å². The molecule has 2 heteroatoms. The Morgan fingerprint density at radius 3 is 2.75 bits per heavy atom. The fourth-order valence-corrected chi connectivity index (χ4v) is 2.41. The topological polar surface area (TPSA) is 27.1 Å². The summed E-state index contributed by atoms with van der Waals surface area (Å²) in [6.07, 6.45) is 3.06. The van der Waals surface area contributed by atoms with Crippen LogP contribution in [-0.2, 0) is 6.54 Å². The summed E-state index contributed by atoms with van der Waals surface area (Å²) in [6, 6.07) is 11.2. The lowest BCUT2D eigenvalue weighted by atomic mass is 9.97. The molecule has 0 spiro atoms. The molecule has 1 aliphatic rings. The van der Waals surface area contributed by atoms with Gasteiger partial charge in [-0.1, -0.05) is 37.3 Å². The molecule has 1 N–H and O–H groups in total. The van der Waals surface area contributed by atoms with Crippen molar-refractivity contribution in [3.63, 3.8) is 0 Å². The van der Waals surface area contributed by atoms with Gasteiger partial charge in [0.05, 0.1) is 0 Å². The molecule has 16 heavy (non-hydrogen) atoms. The lowest BCUT2D eigenvalue weighted by Gasteiger charge is -2.35. The summed E-state index contributed by atoms with van der Waals surface area (Å²) in [4.78, 5) is 2.52. The van der Waals surface area contributed by atoms with Gasteiger partial charge in [0.15, 0.2) is 0 Å². The van der Waals surface area contributed by atoms with Crippen LogP contribution < -0.4 is 0 Å². The predicted octanol–water partition coefficient (Wildman–Crippen LogP) is 3.08. The molecule has 1 aromatic carbocycles. The minimum Gasteiger partial charge on any atom is -0.310 e. The summed E-state index contributed by atoms with van der Waals surface area (Å²) in [6.45, 7) is 4.31. The van der Waals surface area contributed by atoms with E-state index in [1.54, 1.807) is 0 Å². The van der Waals surface area contributed by atoms with Crippen LogP contribution in [0.4, 0.5) is 0 Å². The van der Waals surface area contributed by atoms with Crippen LogP contribution in [0.3, 0.4) is 0 Å². The zero-order chi connectivity index (χ0) is 11.4. The van der Waals surface area contributed by atoms with Crippen LogP contribution in [-0.4, -0.2) is 23.2 Å². The zero-order valence-corrected chi connectivity index (χ0v) is 9.95. The highest BCUT2D eigenvalue weighted by atomic mass is 15.2. The number of nitrogens with zero attached hydrogens (tertiary/aromatic N) is 1. The minimum absolute atomic E-state index is 0.571. The third-order valence-corrected chi connectivity index (χ3v) is 3.40. The van der Waals surface area contributed by atoms with E-state index in [1.165, 1.54) is 5.56 Å². The Labute approximate surface area is 97.8 Å². The van der Waals surface area contributed by atoms with Crippen LogP contribution in [0.5, 0.6) is 0 Å². The number of rotatable bonds is 3. The Morgan fingerprint density at radius 1 is 1.31 bits per heavy atom. The van der Waals surface area contributed by atoms with Gasteiger partial charge in [0.25, 0.3) is 0 Å². The Kier molecular flexibility index (Phi) is 3.73. The van der Waals surface area contributed by atoms with E-state index in [0.717, 1.165) is 38.1 Å². The average molecular weight is 216 g/mol. The van der Waals surface area contributed by atoms with Crippen LogP contribution >= 0.6 is 0 Å². The lowest BCUT2D eigenvalue weighted by Crippen LogP contribution is -2.41. The maximum absolute atomic E-state index is 7.77. The van der Waals surface area contributed by atoms with Gasteiger partial charge in [-0.15, -0.1) is 0 Å². The van der Waals surface area contributed by atoms with Crippen LogP contribution in [0.25, 0.3) is 0 Å². The van der Waals surface area contributed by atoms with Gasteiger partial charge in [0.1, 0.15) is 0 Å². The second-order valence-corrected chi connectivity index (χ2v) is 4.58. The minimum atomic E-state index is 0.571. The summed E-state index contributed by atoms with van der Waals surface area (Å²) < 4.78 is 0. The number of piperidine rings is 1. The van der Waals surface area contributed by atoms with E-state index in [1.807, 2.05) is 0 Å². The lowest BCUT2D eigenvalue weighted by molar-refractivity contribution is 0.177. The summed E-state index contributed by atoms with van der Waals surface area (Å²) in [7, 11) is 0. The summed E-state index contributed by atoms with van der Waals surface area (Å²) in [5, 5.41) is 7.77. The van der Waals surface area contributed by atoms with Crippen molar-refractivity contribution in [2.24, 2.45) is 0 Å². The third-order valence-electron chi connectivity index (χ3n) is 3.40. The molecule has 0 amide bonds. The first-order valence-electron chi connectivity index (χ1n) is 6.14. The molecule has 1 atom stereocenters. The SMILES string of the molecule is CCC1CC(=N)CCN1Cc1ccccc1. The molecule has 1 aliphatic heterocycles. The second-order valence-electron chi connectivity index (χ2n) is 4.58. The monoisotopic (exact) mass is 216 g/mol. The molecule has 1 unspecified atom stereocenters. The van der Waals surface area contributed by atoms with Gasteiger partial charge in [0.2, 0.25) is 0 Å². The summed E-state index contributed by atoms with van der Waals surface area (Å²) in [5.41, 5.74) is 2.31. The van der Waals surface area contributed by atoms with Crippen molar-refractivity contribution in [2.45, 2.75) is 38.8 Å². The Balaban J connectivity index is 2.01. The fourth-order valence-electron chi connectivity index (χ4n) is 2.41. The van der Waals surface area contributed by atoms with Gasteiger partial charge in [-0.05, 0) is 18.4 Å². The molecular formula is C14H20N2. The largest absolute Gasteiger partial charge is 0.310 e. The molecular weight excluding hydrogens is 196 g/mol. The van der Waals surface area contributed by atoms with Crippen molar-refractivity contribution in [1.29, 1.82) is 5.41 Å². The van der Waals surface area contributed by atoms with Crippen molar-refractivity contribution >= 4 is 5.71 Å². The molecule has 1 heterocycles. The number of hydrogen-bond donors (Lipinski definition) is 1. The molecule has 1 saturated heterocycles. The van der Waals surface area contributed by atoms with Gasteiger partial charge >= 0.3 is 0 Å². The molecule has 0 aromatic heterocycles. The van der Waals surface area contributed by atoms with E-state index >= 15 is 0 Å². The standard InChI is InChI=1S/C14H20N2/c1-2-14-10-13(15)8-9-16(14)11-12-6-4-3-5-7-12/h3-7,14-15H,2,8-11H2,1H3. The van der Waals surface area contributed by atoms with E-state index < -0.39 is 0 Å². The number of benzene rings is 1. The normalized spacial score (nSPS) is 22.3. The molecule has 2 rings (SSSR count). The van der Waals surface area contributed by atoms with Gasteiger partial charge in [-0.3, -0.25) is 4.90 Å². The molecule has 2 nitrogen and oxygen atoms in total. The highest BCUT2D eigenvalue weighted by molar-refractivity contribution is 5.82. The molecule has 1 aromatic rings. The van der Waals surface area contributed by atoms with Gasteiger partial charge in [0, 0.05) is 31.3 Å². The van der Waals surface area contributed by atoms with Crippen molar-refractivity contribution in [3.05, 3.63) is 35.9 Å². The maximum atomic E-state index is 7.77. The summed E-state index contributed by atoms with van der Waals surface area (Å²) >= 11 is 0. The van der Waals surface area contributed by atoms with Gasteiger partial charge < -0.3 is 5.41 Å². The van der Waals surface area contributed by atoms with Crippen molar-refractivity contribution < 1.29 is 0 Å². The van der Waals surface area contributed by atoms with Gasteiger partial charge in [-0.25, -0.2) is 0 Å². The molecule has 0 radical (unpaired) electrons. The third kappa shape index (κ3) is 2.70.